The maximum atomic E-state index is 13.6. The second-order valence-corrected chi connectivity index (χ2v) is 7.45. The molecule has 0 unspecified atom stereocenters. The van der Waals surface area contributed by atoms with Gasteiger partial charge in [-0.1, -0.05) is 22.9 Å². The van der Waals surface area contributed by atoms with E-state index in [0.29, 0.717) is 30.9 Å². The zero-order valence-corrected chi connectivity index (χ0v) is 16.6. The number of halogens is 5. The van der Waals surface area contributed by atoms with Crippen LogP contribution in [0.5, 0.6) is 0 Å². The van der Waals surface area contributed by atoms with Crippen molar-refractivity contribution in [3.63, 3.8) is 0 Å². The molecule has 4 rings (SSSR count). The minimum atomic E-state index is -4.72. The summed E-state index contributed by atoms with van der Waals surface area (Å²) in [4.78, 5) is 13.5. The molecule has 0 bridgehead atoms. The highest BCUT2D eigenvalue weighted by Crippen LogP contribution is 2.33. The van der Waals surface area contributed by atoms with Crippen LogP contribution in [0.2, 0.25) is 5.02 Å². The summed E-state index contributed by atoms with van der Waals surface area (Å²) < 4.78 is 54.5. The van der Waals surface area contributed by atoms with E-state index < -0.39 is 23.6 Å². The first-order valence-corrected chi connectivity index (χ1v) is 9.53. The molecule has 164 valence electrons. The van der Waals surface area contributed by atoms with Crippen LogP contribution in [0.1, 0.15) is 28.6 Å². The van der Waals surface area contributed by atoms with Gasteiger partial charge in [-0.25, -0.2) is 14.2 Å². The lowest BCUT2D eigenvalue weighted by Crippen LogP contribution is -2.33. The number of nitrogens with zero attached hydrogens (tertiary/aromatic N) is 5. The Bertz CT molecular complexity index is 1180. The van der Waals surface area contributed by atoms with Gasteiger partial charge in [-0.05, 0) is 23.3 Å². The Balaban J connectivity index is 1.61. The van der Waals surface area contributed by atoms with E-state index in [1.807, 2.05) is 4.90 Å². The van der Waals surface area contributed by atoms with Crippen LogP contribution in [0, 0.1) is 5.82 Å². The number of fused-ring (bicyclic) bond motifs is 1. The predicted molar refractivity (Wildman–Crippen MR) is 103 cm³/mol. The molecule has 8 nitrogen and oxygen atoms in total. The van der Waals surface area contributed by atoms with Gasteiger partial charge in [0.15, 0.2) is 0 Å². The second-order valence-electron chi connectivity index (χ2n) is 7.07. The lowest BCUT2D eigenvalue weighted by atomic mass is 10.00. The van der Waals surface area contributed by atoms with Crippen LogP contribution in [0.25, 0.3) is 0 Å². The fraction of sp³-hybridized carbons (Fsp3) is 0.333. The number of nitrogens with one attached hydrogen (secondary N) is 1. The highest BCUT2D eigenvalue weighted by molar-refractivity contribution is 6.32. The summed E-state index contributed by atoms with van der Waals surface area (Å²) in [5.74, 6) is -0.807. The Morgan fingerprint density at radius 2 is 2.10 bits per heavy atom. The zero-order valence-electron chi connectivity index (χ0n) is 15.8. The van der Waals surface area contributed by atoms with Crippen LogP contribution in [0.4, 0.5) is 23.2 Å². The van der Waals surface area contributed by atoms with Gasteiger partial charge >= 0.3 is 6.18 Å². The normalized spacial score (nSPS) is 15.1. The molecule has 0 saturated carbocycles. The third kappa shape index (κ3) is 4.12. The molecule has 1 aliphatic heterocycles. The molecule has 0 fully saturated rings. The number of nitrogens with two attached hydrogens (primary N) is 1. The van der Waals surface area contributed by atoms with E-state index in [1.165, 1.54) is 16.9 Å². The van der Waals surface area contributed by atoms with Crippen molar-refractivity contribution in [2.75, 3.05) is 11.4 Å². The minimum Gasteiger partial charge on any atom is -0.362 e. The van der Waals surface area contributed by atoms with Gasteiger partial charge in [0, 0.05) is 13.0 Å². The third-order valence-electron chi connectivity index (χ3n) is 5.11. The summed E-state index contributed by atoms with van der Waals surface area (Å²) in [6.45, 7) is 0.705. The van der Waals surface area contributed by atoms with Crippen molar-refractivity contribution in [2.24, 2.45) is 5.73 Å². The fourth-order valence-corrected chi connectivity index (χ4v) is 3.74. The van der Waals surface area contributed by atoms with E-state index in [1.54, 1.807) is 0 Å². The van der Waals surface area contributed by atoms with Gasteiger partial charge in [0.25, 0.3) is 5.56 Å². The molecule has 3 aromatic rings. The number of alkyl halides is 3. The van der Waals surface area contributed by atoms with Crippen molar-refractivity contribution >= 4 is 17.3 Å². The maximum Gasteiger partial charge on any atom is 0.407 e. The van der Waals surface area contributed by atoms with Crippen LogP contribution in [-0.4, -0.2) is 37.9 Å². The van der Waals surface area contributed by atoms with Crippen molar-refractivity contribution < 1.29 is 17.6 Å². The SMILES string of the molecule is N[C@H](c1cc(F)ccc1Cn1nnc2c1CCN(c1cn[nH]c(=O)c1Cl)C2)C(F)(F)F. The van der Waals surface area contributed by atoms with Crippen molar-refractivity contribution in [2.45, 2.75) is 31.7 Å². The molecular formula is C18H16ClF4N7O. The van der Waals surface area contributed by atoms with E-state index in [4.69, 9.17) is 17.3 Å². The molecular weight excluding hydrogens is 442 g/mol. The smallest absolute Gasteiger partial charge is 0.362 e. The molecule has 0 saturated heterocycles. The number of benzene rings is 1. The van der Waals surface area contributed by atoms with E-state index in [9.17, 15) is 22.4 Å². The van der Waals surface area contributed by atoms with Crippen LogP contribution in [0.3, 0.4) is 0 Å². The number of rotatable bonds is 4. The fourth-order valence-electron chi connectivity index (χ4n) is 3.53. The minimum absolute atomic E-state index is 0.00272. The molecule has 3 heterocycles. The van der Waals surface area contributed by atoms with Gasteiger partial charge in [0.1, 0.15) is 22.6 Å². The van der Waals surface area contributed by atoms with E-state index in [2.05, 4.69) is 20.5 Å². The lowest BCUT2D eigenvalue weighted by molar-refractivity contribution is -0.149. The molecule has 0 radical (unpaired) electrons. The van der Waals surface area contributed by atoms with Crippen LogP contribution >= 0.6 is 11.6 Å². The zero-order chi connectivity index (χ0) is 22.3. The first-order chi connectivity index (χ1) is 14.6. The van der Waals surface area contributed by atoms with Crippen molar-refractivity contribution in [1.29, 1.82) is 0 Å². The second kappa shape index (κ2) is 7.93. The Labute approximate surface area is 177 Å². The molecule has 3 N–H and O–H groups in total. The molecule has 31 heavy (non-hydrogen) atoms. The largest absolute Gasteiger partial charge is 0.407 e. The van der Waals surface area contributed by atoms with E-state index in [0.717, 1.165) is 17.8 Å². The molecule has 0 spiro atoms. The van der Waals surface area contributed by atoms with Crippen molar-refractivity contribution in [1.82, 2.24) is 25.2 Å². The lowest BCUT2D eigenvalue weighted by Gasteiger charge is -2.28. The summed E-state index contributed by atoms with van der Waals surface area (Å²) in [5.41, 5.74) is 6.42. The Kier molecular flexibility index (Phi) is 5.43. The van der Waals surface area contributed by atoms with Gasteiger partial charge in [-0.15, -0.1) is 5.10 Å². The quantitative estimate of drug-likeness (QED) is 0.582. The number of hydrogen-bond acceptors (Lipinski definition) is 6. The molecule has 1 aromatic carbocycles. The van der Waals surface area contributed by atoms with E-state index >= 15 is 0 Å². The van der Waals surface area contributed by atoms with Gasteiger partial charge in [0.2, 0.25) is 0 Å². The Morgan fingerprint density at radius 3 is 2.84 bits per heavy atom. The van der Waals surface area contributed by atoms with Crippen LogP contribution in [-0.2, 0) is 19.5 Å². The predicted octanol–water partition coefficient (Wildman–Crippen LogP) is 2.33. The monoisotopic (exact) mass is 457 g/mol. The molecule has 0 aliphatic carbocycles. The third-order valence-corrected chi connectivity index (χ3v) is 5.48. The number of aromatic amines is 1. The highest BCUT2D eigenvalue weighted by atomic mass is 35.5. The summed E-state index contributed by atoms with van der Waals surface area (Å²) in [6, 6.07) is 0.815. The molecule has 13 heteroatoms. The summed E-state index contributed by atoms with van der Waals surface area (Å²) in [6.07, 6.45) is -2.83. The van der Waals surface area contributed by atoms with Crippen molar-refractivity contribution in [3.8, 4) is 0 Å². The number of anilines is 1. The summed E-state index contributed by atoms with van der Waals surface area (Å²) in [5, 5.41) is 14.2. The number of aromatic nitrogens is 5. The first-order valence-electron chi connectivity index (χ1n) is 9.15. The molecule has 1 atom stereocenters. The van der Waals surface area contributed by atoms with Crippen LogP contribution < -0.4 is 16.2 Å². The molecule has 0 amide bonds. The average Bonchev–Trinajstić information content (AvgIpc) is 3.12. The van der Waals surface area contributed by atoms with Crippen LogP contribution in [0.15, 0.2) is 29.2 Å². The first kappa shape index (κ1) is 21.2. The van der Waals surface area contributed by atoms with Gasteiger partial charge < -0.3 is 10.6 Å². The molecule has 1 aliphatic rings. The summed E-state index contributed by atoms with van der Waals surface area (Å²) in [7, 11) is 0. The Morgan fingerprint density at radius 1 is 1.32 bits per heavy atom. The average molecular weight is 458 g/mol. The van der Waals surface area contributed by atoms with E-state index in [-0.39, 0.29) is 22.7 Å². The number of H-pyrrole nitrogens is 1. The highest BCUT2D eigenvalue weighted by Gasteiger charge is 2.39. The van der Waals surface area contributed by atoms with Gasteiger partial charge in [-0.2, -0.15) is 18.3 Å². The maximum absolute atomic E-state index is 13.6. The molecule has 2 aromatic heterocycles. The van der Waals surface area contributed by atoms with Gasteiger partial charge in [0.05, 0.1) is 30.7 Å². The number of hydrogen-bond donors (Lipinski definition) is 2. The standard InChI is InChI=1S/C18H16ClF4N7O/c19-15-14(6-25-27-17(15)31)29-4-3-13-12(8-29)26-28-30(13)7-9-1-2-10(20)5-11(9)16(24)18(21,22)23/h1-2,5-6,16H,3-4,7-8,24H2,(H,27,31)/t16-/m1/s1. The van der Waals surface area contributed by atoms with Gasteiger partial charge in [-0.3, -0.25) is 4.79 Å². The topological polar surface area (TPSA) is 106 Å². The summed E-state index contributed by atoms with van der Waals surface area (Å²) >= 11 is 6.06. The Hall–Kier alpha value is -2.99. The van der Waals surface area contributed by atoms with Crippen molar-refractivity contribution in [3.05, 3.63) is 68.1 Å².